The van der Waals surface area contributed by atoms with Crippen LogP contribution in [-0.2, 0) is 10.0 Å². The van der Waals surface area contributed by atoms with E-state index in [1.807, 2.05) is 4.72 Å². The number of hydrogen-bond donors (Lipinski definition) is 3. The number of unbranched alkanes of at least 4 members (excludes halogenated alkanes) is 1. The van der Waals surface area contributed by atoms with Gasteiger partial charge in [-0.25, -0.2) is 35.1 Å². The second-order valence-electron chi connectivity index (χ2n) is 7.04. The number of nitrogens with one attached hydrogen (secondary N) is 3. The zero-order valence-corrected chi connectivity index (χ0v) is 16.8. The molecule has 1 fully saturated rings. The molecule has 11 heteroatoms. The molecule has 0 saturated heterocycles. The smallest absolute Gasteiger partial charge is 0.246 e. The van der Waals surface area contributed by atoms with Crippen LogP contribution in [0, 0.1) is 29.1 Å². The maximum absolute atomic E-state index is 13.6. The van der Waals surface area contributed by atoms with Gasteiger partial charge in [-0.05, 0) is 32.2 Å². The molecular formula is C18H26F5N3O2S. The predicted molar refractivity (Wildman–Crippen MR) is 98.4 cm³/mol. The van der Waals surface area contributed by atoms with Gasteiger partial charge in [0.1, 0.15) is 0 Å². The zero-order valence-electron chi connectivity index (χ0n) is 16.0. The number of hydrogen-bond acceptors (Lipinski definition) is 4. The fourth-order valence-corrected chi connectivity index (χ4v) is 4.48. The van der Waals surface area contributed by atoms with Crippen LogP contribution in [-0.4, -0.2) is 40.6 Å². The lowest BCUT2D eigenvalue weighted by Crippen LogP contribution is -2.36. The van der Waals surface area contributed by atoms with Crippen molar-refractivity contribution < 1.29 is 30.4 Å². The summed E-state index contributed by atoms with van der Waals surface area (Å²) in [6.07, 6.45) is 7.11. The van der Waals surface area contributed by atoms with Gasteiger partial charge in [0.2, 0.25) is 15.8 Å². The normalized spacial score (nSPS) is 15.8. The molecular weight excluding hydrogens is 417 g/mol. The molecule has 29 heavy (non-hydrogen) atoms. The van der Waals surface area contributed by atoms with E-state index in [9.17, 15) is 30.4 Å². The Balaban J connectivity index is 1.68. The van der Waals surface area contributed by atoms with Crippen molar-refractivity contribution in [1.29, 1.82) is 0 Å². The van der Waals surface area contributed by atoms with Crippen LogP contribution in [0.3, 0.4) is 0 Å². The summed E-state index contributed by atoms with van der Waals surface area (Å²) in [5.74, 6) is -11.7. The quantitative estimate of drug-likeness (QED) is 0.213. The first-order chi connectivity index (χ1) is 13.8. The van der Waals surface area contributed by atoms with E-state index in [-0.39, 0.29) is 6.54 Å². The van der Waals surface area contributed by atoms with E-state index in [1.165, 1.54) is 32.1 Å². The standard InChI is InChI=1S/C18H26F5N3O2S/c19-13-14(20)16(22)18(17(23)15(13)21)29(27,28)26-9-5-4-8-24-10-11-25-12-6-2-1-3-7-12/h12,24-26H,1-11H2. The highest BCUT2D eigenvalue weighted by Gasteiger charge is 2.33. The number of rotatable bonds is 11. The molecule has 1 aliphatic rings. The Labute approximate surface area is 167 Å². The molecule has 0 unspecified atom stereocenters. The fraction of sp³-hybridized carbons (Fsp3) is 0.667. The maximum atomic E-state index is 13.6. The van der Waals surface area contributed by atoms with E-state index in [0.29, 0.717) is 25.4 Å². The first-order valence-electron chi connectivity index (χ1n) is 9.71. The lowest BCUT2D eigenvalue weighted by molar-refractivity contribution is 0.357. The number of sulfonamides is 1. The van der Waals surface area contributed by atoms with Gasteiger partial charge < -0.3 is 10.6 Å². The van der Waals surface area contributed by atoms with Gasteiger partial charge >= 0.3 is 0 Å². The third-order valence-corrected chi connectivity index (χ3v) is 6.33. The summed E-state index contributed by atoms with van der Waals surface area (Å²) >= 11 is 0. The van der Waals surface area contributed by atoms with E-state index in [4.69, 9.17) is 0 Å². The highest BCUT2D eigenvalue weighted by molar-refractivity contribution is 7.89. The molecule has 0 radical (unpaired) electrons. The van der Waals surface area contributed by atoms with Gasteiger partial charge in [0, 0.05) is 25.7 Å². The van der Waals surface area contributed by atoms with Gasteiger partial charge in [0.15, 0.2) is 28.2 Å². The van der Waals surface area contributed by atoms with Gasteiger partial charge in [-0.2, -0.15) is 0 Å². The van der Waals surface area contributed by atoms with Crippen LogP contribution in [0.25, 0.3) is 0 Å². The van der Waals surface area contributed by atoms with Gasteiger partial charge in [-0.3, -0.25) is 0 Å². The highest BCUT2D eigenvalue weighted by atomic mass is 32.2. The molecule has 0 aliphatic heterocycles. The van der Waals surface area contributed by atoms with Crippen molar-refractivity contribution >= 4 is 10.0 Å². The fourth-order valence-electron chi connectivity index (χ4n) is 3.27. The van der Waals surface area contributed by atoms with E-state index in [1.54, 1.807) is 0 Å². The molecule has 1 saturated carbocycles. The average Bonchev–Trinajstić information content (AvgIpc) is 2.70. The molecule has 2 rings (SSSR count). The van der Waals surface area contributed by atoms with E-state index in [2.05, 4.69) is 10.6 Å². The van der Waals surface area contributed by atoms with Crippen molar-refractivity contribution in [2.75, 3.05) is 26.2 Å². The molecule has 0 atom stereocenters. The summed E-state index contributed by atoms with van der Waals surface area (Å²) in [4.78, 5) is -1.86. The molecule has 1 aromatic rings. The van der Waals surface area contributed by atoms with E-state index < -0.39 is 44.0 Å². The molecule has 0 bridgehead atoms. The lowest BCUT2D eigenvalue weighted by Gasteiger charge is -2.22. The third-order valence-electron chi connectivity index (χ3n) is 4.85. The second-order valence-corrected chi connectivity index (χ2v) is 8.75. The highest BCUT2D eigenvalue weighted by Crippen LogP contribution is 2.26. The predicted octanol–water partition coefficient (Wildman–Crippen LogP) is 2.95. The Hall–Kier alpha value is -1.30. The number of halogens is 5. The SMILES string of the molecule is O=S(=O)(NCCCCNCCNC1CCCCC1)c1c(F)c(F)c(F)c(F)c1F. The van der Waals surface area contributed by atoms with Crippen LogP contribution in [0.1, 0.15) is 44.9 Å². The van der Waals surface area contributed by atoms with E-state index in [0.717, 1.165) is 13.1 Å². The van der Waals surface area contributed by atoms with Crippen molar-refractivity contribution in [3.8, 4) is 0 Å². The molecule has 0 aromatic heterocycles. The zero-order chi connectivity index (χ0) is 21.4. The third kappa shape index (κ3) is 6.59. The first kappa shape index (κ1) is 24.0. The van der Waals surface area contributed by atoms with Crippen LogP contribution in [0.2, 0.25) is 0 Å². The van der Waals surface area contributed by atoms with Crippen molar-refractivity contribution in [2.24, 2.45) is 0 Å². The van der Waals surface area contributed by atoms with Crippen LogP contribution >= 0.6 is 0 Å². The molecule has 0 spiro atoms. The molecule has 1 aliphatic carbocycles. The Morgan fingerprint density at radius 1 is 0.724 bits per heavy atom. The maximum Gasteiger partial charge on any atom is 0.246 e. The molecule has 3 N–H and O–H groups in total. The van der Waals surface area contributed by atoms with Crippen LogP contribution in [0.5, 0.6) is 0 Å². The van der Waals surface area contributed by atoms with Crippen molar-refractivity contribution in [2.45, 2.75) is 55.9 Å². The summed E-state index contributed by atoms with van der Waals surface area (Å²) in [5.41, 5.74) is 0. The monoisotopic (exact) mass is 443 g/mol. The van der Waals surface area contributed by atoms with Gasteiger partial charge in [-0.15, -0.1) is 0 Å². The van der Waals surface area contributed by atoms with E-state index >= 15 is 0 Å². The minimum absolute atomic E-state index is 0.191. The largest absolute Gasteiger partial charge is 0.315 e. The Morgan fingerprint density at radius 2 is 1.28 bits per heavy atom. The van der Waals surface area contributed by atoms with Crippen LogP contribution < -0.4 is 15.4 Å². The lowest BCUT2D eigenvalue weighted by atomic mass is 9.95. The summed E-state index contributed by atoms with van der Waals surface area (Å²) in [6.45, 7) is 2.00. The van der Waals surface area contributed by atoms with Crippen molar-refractivity contribution in [1.82, 2.24) is 15.4 Å². The molecule has 5 nitrogen and oxygen atoms in total. The van der Waals surface area contributed by atoms with Crippen molar-refractivity contribution in [3.05, 3.63) is 29.1 Å². The van der Waals surface area contributed by atoms with Crippen LogP contribution in [0.4, 0.5) is 22.0 Å². The minimum atomic E-state index is -4.87. The van der Waals surface area contributed by atoms with Crippen LogP contribution in [0.15, 0.2) is 4.90 Å². The first-order valence-corrected chi connectivity index (χ1v) is 11.2. The minimum Gasteiger partial charge on any atom is -0.315 e. The van der Waals surface area contributed by atoms with Crippen molar-refractivity contribution in [3.63, 3.8) is 0 Å². The average molecular weight is 443 g/mol. The molecule has 1 aromatic carbocycles. The topological polar surface area (TPSA) is 70.2 Å². The summed E-state index contributed by atoms with van der Waals surface area (Å²) in [6, 6.07) is 0.571. The summed E-state index contributed by atoms with van der Waals surface area (Å²) in [7, 11) is -4.87. The summed E-state index contributed by atoms with van der Waals surface area (Å²) < 4.78 is 92.4. The second kappa shape index (κ2) is 11.2. The van der Waals surface area contributed by atoms with Gasteiger partial charge in [0.05, 0.1) is 0 Å². The number of benzene rings is 1. The molecule has 166 valence electrons. The molecule has 0 heterocycles. The summed E-state index contributed by atoms with van der Waals surface area (Å²) in [5, 5.41) is 6.67. The Morgan fingerprint density at radius 3 is 1.90 bits per heavy atom. The van der Waals surface area contributed by atoms with Gasteiger partial charge in [-0.1, -0.05) is 19.3 Å². The Kier molecular flexibility index (Phi) is 9.25. The Bertz CT molecular complexity index is 757. The molecule has 0 amide bonds. The van der Waals surface area contributed by atoms with Gasteiger partial charge in [0.25, 0.3) is 0 Å².